The lowest BCUT2D eigenvalue weighted by atomic mass is 9.84. The fraction of sp³-hybridized carbons (Fsp3) is 0.815. The van der Waals surface area contributed by atoms with E-state index in [0.717, 1.165) is 75.4 Å². The van der Waals surface area contributed by atoms with E-state index in [4.69, 9.17) is 14.7 Å². The fourth-order valence-corrected chi connectivity index (χ4v) is 5.74. The molecule has 1 aromatic heterocycles. The fourth-order valence-electron chi connectivity index (χ4n) is 5.74. The quantitative estimate of drug-likeness (QED) is 0.679. The molecule has 0 spiro atoms. The average molecular weight is 472 g/mol. The Kier molecular flexibility index (Phi) is 8.13. The minimum atomic E-state index is -0.0752. The number of nitrogens with zero attached hydrogens (tertiary/aromatic N) is 4. The van der Waals surface area contributed by atoms with Crippen molar-refractivity contribution in [1.82, 2.24) is 20.2 Å². The van der Waals surface area contributed by atoms with Crippen LogP contribution >= 0.6 is 0 Å². The van der Waals surface area contributed by atoms with Crippen LogP contribution in [0, 0.1) is 5.92 Å². The molecule has 1 amide bonds. The van der Waals surface area contributed by atoms with Crippen molar-refractivity contribution in [2.24, 2.45) is 5.92 Å². The van der Waals surface area contributed by atoms with Crippen LogP contribution in [0.2, 0.25) is 0 Å². The minimum absolute atomic E-state index is 0.0752. The van der Waals surface area contributed by atoms with Crippen LogP contribution in [0.1, 0.15) is 90.6 Å². The maximum Gasteiger partial charge on any atom is 0.217 e. The van der Waals surface area contributed by atoms with Crippen LogP contribution in [0.15, 0.2) is 6.07 Å². The molecule has 7 nitrogen and oxygen atoms in total. The number of anilines is 1. The second kappa shape index (κ2) is 10.9. The highest BCUT2D eigenvalue weighted by molar-refractivity contribution is 5.73. The normalized spacial score (nSPS) is 28.8. The van der Waals surface area contributed by atoms with Crippen LogP contribution in [-0.2, 0) is 14.9 Å². The van der Waals surface area contributed by atoms with Gasteiger partial charge in [0, 0.05) is 62.6 Å². The van der Waals surface area contributed by atoms with Gasteiger partial charge >= 0.3 is 0 Å². The van der Waals surface area contributed by atoms with E-state index in [1.54, 1.807) is 6.92 Å². The second-order valence-corrected chi connectivity index (χ2v) is 11.8. The molecular formula is C27H45N5O2. The molecule has 2 aliphatic heterocycles. The van der Waals surface area contributed by atoms with Gasteiger partial charge in [-0.1, -0.05) is 20.8 Å². The zero-order chi connectivity index (χ0) is 24.3. The van der Waals surface area contributed by atoms with E-state index < -0.39 is 0 Å². The summed E-state index contributed by atoms with van der Waals surface area (Å²) in [6.45, 7) is 16.5. The lowest BCUT2D eigenvalue weighted by Gasteiger charge is -2.41. The molecule has 0 aromatic carbocycles. The van der Waals surface area contributed by atoms with E-state index >= 15 is 0 Å². The highest BCUT2D eigenvalue weighted by Crippen LogP contribution is 2.31. The highest BCUT2D eigenvalue weighted by Gasteiger charge is 2.30. The molecule has 0 radical (unpaired) electrons. The topological polar surface area (TPSA) is 70.6 Å². The van der Waals surface area contributed by atoms with Crippen molar-refractivity contribution < 1.29 is 9.53 Å². The van der Waals surface area contributed by atoms with Gasteiger partial charge in [-0.25, -0.2) is 9.97 Å². The summed E-state index contributed by atoms with van der Waals surface area (Å²) >= 11 is 0. The smallest absolute Gasteiger partial charge is 0.217 e. The molecule has 0 bridgehead atoms. The summed E-state index contributed by atoms with van der Waals surface area (Å²) in [6, 6.07) is 3.05. The molecule has 190 valence electrons. The van der Waals surface area contributed by atoms with Gasteiger partial charge in [0.25, 0.3) is 0 Å². The van der Waals surface area contributed by atoms with E-state index in [-0.39, 0.29) is 11.3 Å². The summed E-state index contributed by atoms with van der Waals surface area (Å²) in [5.74, 6) is 3.32. The van der Waals surface area contributed by atoms with Crippen molar-refractivity contribution >= 4 is 11.7 Å². The van der Waals surface area contributed by atoms with Crippen LogP contribution in [-0.4, -0.2) is 72.3 Å². The molecule has 2 saturated heterocycles. The maximum atomic E-state index is 11.3. The Morgan fingerprint density at radius 1 is 1.15 bits per heavy atom. The van der Waals surface area contributed by atoms with Gasteiger partial charge < -0.3 is 15.0 Å². The van der Waals surface area contributed by atoms with E-state index in [1.165, 1.54) is 25.8 Å². The van der Waals surface area contributed by atoms with Crippen molar-refractivity contribution in [3.05, 3.63) is 17.6 Å². The summed E-state index contributed by atoms with van der Waals surface area (Å²) < 4.78 is 5.66. The van der Waals surface area contributed by atoms with Crippen molar-refractivity contribution in [3.8, 4) is 0 Å². The molecule has 7 heteroatoms. The number of ether oxygens (including phenoxy) is 1. The SMILES string of the molecule is CC(=O)NC1CCC(CCN2CCN(c3cc(C4CCOC4)nc(C(C)(C)C)n3)C(C)C2)CC1. The lowest BCUT2D eigenvalue weighted by molar-refractivity contribution is -0.119. The van der Waals surface area contributed by atoms with Crippen LogP contribution in [0.5, 0.6) is 0 Å². The van der Waals surface area contributed by atoms with Crippen molar-refractivity contribution in [2.75, 3.05) is 44.3 Å². The first-order valence-electron chi connectivity index (χ1n) is 13.4. The molecule has 2 unspecified atom stereocenters. The monoisotopic (exact) mass is 471 g/mol. The number of hydrogen-bond donors (Lipinski definition) is 1. The van der Waals surface area contributed by atoms with E-state index in [9.17, 15) is 4.79 Å². The number of carbonyl (C=O) groups excluding carboxylic acids is 1. The first-order chi connectivity index (χ1) is 16.2. The van der Waals surface area contributed by atoms with Crippen LogP contribution in [0.25, 0.3) is 0 Å². The number of carbonyl (C=O) groups is 1. The maximum absolute atomic E-state index is 11.3. The summed E-state index contributed by atoms with van der Waals surface area (Å²) in [4.78, 5) is 26.5. The molecule has 3 aliphatic rings. The third-order valence-electron chi connectivity index (χ3n) is 7.86. The number of hydrogen-bond acceptors (Lipinski definition) is 6. The number of amides is 1. The Morgan fingerprint density at radius 2 is 1.91 bits per heavy atom. The predicted octanol–water partition coefficient (Wildman–Crippen LogP) is 3.87. The summed E-state index contributed by atoms with van der Waals surface area (Å²) in [5.41, 5.74) is 1.07. The van der Waals surface area contributed by atoms with Gasteiger partial charge in [-0.15, -0.1) is 0 Å². The highest BCUT2D eigenvalue weighted by atomic mass is 16.5. The van der Waals surface area contributed by atoms with Crippen molar-refractivity contribution in [1.29, 1.82) is 0 Å². The molecule has 3 fully saturated rings. The molecule has 34 heavy (non-hydrogen) atoms. The molecule has 3 heterocycles. The van der Waals surface area contributed by atoms with Crippen molar-refractivity contribution in [2.45, 2.75) is 96.6 Å². The van der Waals surface area contributed by atoms with Gasteiger partial charge in [-0.3, -0.25) is 9.69 Å². The molecule has 2 atom stereocenters. The van der Waals surface area contributed by atoms with Crippen molar-refractivity contribution in [3.63, 3.8) is 0 Å². The Labute approximate surface area is 206 Å². The number of piperazine rings is 1. The molecule has 4 rings (SSSR count). The number of aromatic nitrogens is 2. The third-order valence-corrected chi connectivity index (χ3v) is 7.86. The summed E-state index contributed by atoms with van der Waals surface area (Å²) in [7, 11) is 0. The lowest BCUT2D eigenvalue weighted by Crippen LogP contribution is -2.52. The van der Waals surface area contributed by atoms with E-state index in [0.29, 0.717) is 18.0 Å². The van der Waals surface area contributed by atoms with Crippen LogP contribution in [0.4, 0.5) is 5.82 Å². The third kappa shape index (κ3) is 6.48. The summed E-state index contributed by atoms with van der Waals surface area (Å²) in [6.07, 6.45) is 7.07. The van der Waals surface area contributed by atoms with Crippen LogP contribution in [0.3, 0.4) is 0 Å². The average Bonchev–Trinajstić information content (AvgIpc) is 3.32. The Bertz CT molecular complexity index is 825. The van der Waals surface area contributed by atoms with Gasteiger partial charge in [0.1, 0.15) is 11.6 Å². The second-order valence-electron chi connectivity index (χ2n) is 11.8. The van der Waals surface area contributed by atoms with Gasteiger partial charge in [-0.2, -0.15) is 0 Å². The Morgan fingerprint density at radius 3 is 2.53 bits per heavy atom. The molecule has 1 N–H and O–H groups in total. The largest absolute Gasteiger partial charge is 0.381 e. The first kappa shape index (κ1) is 25.4. The molecule has 1 saturated carbocycles. The van der Waals surface area contributed by atoms with Crippen LogP contribution < -0.4 is 10.2 Å². The zero-order valence-corrected chi connectivity index (χ0v) is 22.0. The minimum Gasteiger partial charge on any atom is -0.381 e. The Balaban J connectivity index is 1.33. The van der Waals surface area contributed by atoms with E-state index in [2.05, 4.69) is 48.9 Å². The van der Waals surface area contributed by atoms with E-state index in [1.807, 2.05) is 0 Å². The predicted molar refractivity (Wildman–Crippen MR) is 136 cm³/mol. The standard InChI is InChI=1S/C27H45N5O2/c1-19-17-31(12-10-21-6-8-23(9-7-21)28-20(2)33)13-14-32(19)25-16-24(22-11-15-34-18-22)29-26(30-25)27(3,4)5/h16,19,21-23H,6-15,17-18H2,1-5H3,(H,28,33). The Hall–Kier alpha value is -1.73. The molecular weight excluding hydrogens is 426 g/mol. The van der Waals surface area contributed by atoms with Gasteiger partial charge in [0.05, 0.1) is 12.3 Å². The summed E-state index contributed by atoms with van der Waals surface area (Å²) in [5, 5.41) is 3.10. The number of nitrogens with one attached hydrogen (secondary N) is 1. The number of rotatable bonds is 6. The molecule has 1 aromatic rings. The van der Waals surface area contributed by atoms with Gasteiger partial charge in [0.2, 0.25) is 5.91 Å². The van der Waals surface area contributed by atoms with Gasteiger partial charge in [0.15, 0.2) is 0 Å². The van der Waals surface area contributed by atoms with Gasteiger partial charge in [-0.05, 0) is 57.9 Å². The molecule has 1 aliphatic carbocycles. The first-order valence-corrected chi connectivity index (χ1v) is 13.4. The zero-order valence-electron chi connectivity index (χ0n) is 22.0.